The first kappa shape index (κ1) is 13.5. The molecule has 2 heterocycles. The molecule has 0 aliphatic carbocycles. The van der Waals surface area contributed by atoms with Crippen molar-refractivity contribution in [2.75, 3.05) is 11.9 Å². The molecule has 0 aliphatic heterocycles. The third kappa shape index (κ3) is 2.90. The van der Waals surface area contributed by atoms with Gasteiger partial charge in [-0.3, -0.25) is 0 Å². The maximum absolute atomic E-state index is 11.0. The van der Waals surface area contributed by atoms with Crippen molar-refractivity contribution in [2.24, 2.45) is 0 Å². The number of aromatic nitrogens is 1. The van der Waals surface area contributed by atoms with E-state index in [1.807, 2.05) is 11.9 Å². The Labute approximate surface area is 121 Å². The minimum absolute atomic E-state index is 0.309. The second kappa shape index (κ2) is 5.38. The van der Waals surface area contributed by atoms with Gasteiger partial charge in [0.25, 0.3) is 0 Å². The Morgan fingerprint density at radius 2 is 2.33 bits per heavy atom. The van der Waals surface area contributed by atoms with Gasteiger partial charge >= 0.3 is 5.97 Å². The van der Waals surface area contributed by atoms with E-state index in [1.165, 1.54) is 16.9 Å². The van der Waals surface area contributed by atoms with Gasteiger partial charge in [-0.2, -0.15) is 0 Å². The molecule has 0 aromatic carbocycles. The summed E-state index contributed by atoms with van der Waals surface area (Å²) in [6.07, 6.45) is 0. The van der Waals surface area contributed by atoms with Crippen LogP contribution in [0.2, 0.25) is 0 Å². The number of carboxylic acids is 1. The molecule has 0 saturated carbocycles. The molecule has 0 fully saturated rings. The summed E-state index contributed by atoms with van der Waals surface area (Å²) in [5.41, 5.74) is 1.75. The van der Waals surface area contributed by atoms with Crippen LogP contribution >= 0.6 is 38.6 Å². The molecule has 1 N–H and O–H groups in total. The van der Waals surface area contributed by atoms with E-state index in [1.54, 1.807) is 18.3 Å². The molecule has 2 aromatic rings. The van der Waals surface area contributed by atoms with Crippen molar-refractivity contribution in [3.63, 3.8) is 0 Å². The van der Waals surface area contributed by atoms with Crippen molar-refractivity contribution in [3.05, 3.63) is 31.4 Å². The number of halogens is 1. The summed E-state index contributed by atoms with van der Waals surface area (Å²) in [5, 5.41) is 11.8. The van der Waals surface area contributed by atoms with E-state index in [2.05, 4.69) is 32.4 Å². The molecular weight excluding hydrogens is 336 g/mol. The number of aromatic carboxylic acids is 1. The molecule has 0 radical (unpaired) electrons. The molecule has 7 heteroatoms. The van der Waals surface area contributed by atoms with E-state index in [0.717, 1.165) is 8.92 Å². The molecule has 2 aromatic heterocycles. The van der Waals surface area contributed by atoms with Gasteiger partial charge < -0.3 is 10.0 Å². The number of thiophene rings is 1. The lowest BCUT2D eigenvalue weighted by atomic mass is 10.3. The van der Waals surface area contributed by atoms with Gasteiger partial charge in [-0.15, -0.1) is 11.3 Å². The van der Waals surface area contributed by atoms with Gasteiger partial charge in [0, 0.05) is 13.6 Å². The smallest absolute Gasteiger partial charge is 0.347 e. The summed E-state index contributed by atoms with van der Waals surface area (Å²) in [6, 6.07) is 2.06. The average Bonchev–Trinajstić information content (AvgIpc) is 2.85. The minimum atomic E-state index is -0.914. The van der Waals surface area contributed by atoms with Crippen molar-refractivity contribution in [1.82, 2.24) is 4.98 Å². The van der Waals surface area contributed by atoms with Crippen LogP contribution in [0.5, 0.6) is 0 Å². The second-order valence-corrected chi connectivity index (χ2v) is 7.10. The number of nitrogens with zero attached hydrogens (tertiary/aromatic N) is 2. The van der Waals surface area contributed by atoms with Gasteiger partial charge in [-0.05, 0) is 39.9 Å². The second-order valence-electron chi connectivity index (χ2n) is 3.83. The van der Waals surface area contributed by atoms with Gasteiger partial charge in [0.15, 0.2) is 5.13 Å². The van der Waals surface area contributed by atoms with Crippen LogP contribution in [0.1, 0.15) is 20.9 Å². The number of aryl methyl sites for hydroxylation is 1. The molecule has 0 atom stereocenters. The summed E-state index contributed by atoms with van der Waals surface area (Å²) < 4.78 is 1.09. The molecule has 96 valence electrons. The molecule has 0 saturated heterocycles. The summed E-state index contributed by atoms with van der Waals surface area (Å²) in [4.78, 5) is 17.5. The number of rotatable bonds is 4. The fourth-order valence-electron chi connectivity index (χ4n) is 1.51. The predicted molar refractivity (Wildman–Crippen MR) is 77.9 cm³/mol. The first-order valence-corrected chi connectivity index (χ1v) is 7.61. The monoisotopic (exact) mass is 346 g/mol. The lowest BCUT2D eigenvalue weighted by Crippen LogP contribution is -2.15. The van der Waals surface area contributed by atoms with Crippen molar-refractivity contribution >= 4 is 49.7 Å². The summed E-state index contributed by atoms with van der Waals surface area (Å²) in [6.45, 7) is 2.44. The zero-order valence-electron chi connectivity index (χ0n) is 9.81. The Kier molecular flexibility index (Phi) is 4.04. The average molecular weight is 347 g/mol. The van der Waals surface area contributed by atoms with Gasteiger partial charge in [0.2, 0.25) is 0 Å². The highest BCUT2D eigenvalue weighted by Gasteiger charge is 2.16. The summed E-state index contributed by atoms with van der Waals surface area (Å²) in [7, 11) is 1.91. The lowest BCUT2D eigenvalue weighted by molar-refractivity contribution is 0.0701. The molecule has 4 nitrogen and oxygen atoms in total. The van der Waals surface area contributed by atoms with Gasteiger partial charge in [-0.1, -0.05) is 11.3 Å². The number of carbonyl (C=O) groups is 1. The van der Waals surface area contributed by atoms with Crippen molar-refractivity contribution in [1.29, 1.82) is 0 Å². The topological polar surface area (TPSA) is 53.4 Å². The van der Waals surface area contributed by atoms with E-state index in [4.69, 9.17) is 5.11 Å². The van der Waals surface area contributed by atoms with Crippen LogP contribution in [0.3, 0.4) is 0 Å². The molecule has 0 bridgehead atoms. The summed E-state index contributed by atoms with van der Waals surface area (Å²) >= 11 is 6.26. The molecule has 18 heavy (non-hydrogen) atoms. The Morgan fingerprint density at radius 1 is 1.61 bits per heavy atom. The van der Waals surface area contributed by atoms with Crippen LogP contribution in [0.4, 0.5) is 5.13 Å². The third-order valence-corrected chi connectivity index (χ3v) is 5.16. The fourth-order valence-corrected chi connectivity index (χ4v) is 3.58. The zero-order chi connectivity index (χ0) is 13.3. The largest absolute Gasteiger partial charge is 0.477 e. The number of carboxylic acid groups (broad SMARTS) is 1. The normalized spacial score (nSPS) is 10.6. The highest BCUT2D eigenvalue weighted by atomic mass is 79.9. The molecule has 0 amide bonds. The van der Waals surface area contributed by atoms with Crippen LogP contribution in [-0.2, 0) is 6.54 Å². The minimum Gasteiger partial charge on any atom is -0.477 e. The third-order valence-electron chi connectivity index (χ3n) is 2.35. The molecule has 0 aliphatic rings. The van der Waals surface area contributed by atoms with Crippen LogP contribution < -0.4 is 4.90 Å². The van der Waals surface area contributed by atoms with Crippen LogP contribution in [-0.4, -0.2) is 23.1 Å². The van der Waals surface area contributed by atoms with E-state index >= 15 is 0 Å². The maximum Gasteiger partial charge on any atom is 0.347 e. The Morgan fingerprint density at radius 3 is 2.83 bits per heavy atom. The van der Waals surface area contributed by atoms with Crippen molar-refractivity contribution in [2.45, 2.75) is 13.5 Å². The van der Waals surface area contributed by atoms with Crippen LogP contribution in [0.15, 0.2) is 15.2 Å². The SMILES string of the molecule is Cc1nc(N(C)Cc2csc(Br)c2)sc1C(=O)O. The number of anilines is 1. The quantitative estimate of drug-likeness (QED) is 0.918. The van der Waals surface area contributed by atoms with E-state index in [0.29, 0.717) is 17.1 Å². The summed E-state index contributed by atoms with van der Waals surface area (Å²) in [5.74, 6) is -0.914. The Bertz CT molecular complexity index is 579. The van der Waals surface area contributed by atoms with Crippen molar-refractivity contribution in [3.8, 4) is 0 Å². The number of thiazole rings is 1. The molecule has 2 rings (SSSR count). The van der Waals surface area contributed by atoms with Crippen LogP contribution in [0.25, 0.3) is 0 Å². The van der Waals surface area contributed by atoms with E-state index in [9.17, 15) is 4.79 Å². The first-order valence-electron chi connectivity index (χ1n) is 5.12. The van der Waals surface area contributed by atoms with Gasteiger partial charge in [-0.25, -0.2) is 9.78 Å². The van der Waals surface area contributed by atoms with Crippen molar-refractivity contribution < 1.29 is 9.90 Å². The Balaban J connectivity index is 2.16. The first-order chi connectivity index (χ1) is 8.47. The molecule has 0 spiro atoms. The zero-order valence-corrected chi connectivity index (χ0v) is 13.0. The van der Waals surface area contributed by atoms with Crippen LogP contribution in [0, 0.1) is 6.92 Å². The van der Waals surface area contributed by atoms with Gasteiger partial charge in [0.05, 0.1) is 9.48 Å². The molecular formula is C11H11BrN2O2S2. The standard InChI is InChI=1S/C11H11BrN2O2S2/c1-6-9(10(15)16)18-11(13-6)14(2)4-7-3-8(12)17-5-7/h3,5H,4H2,1-2H3,(H,15,16). The van der Waals surface area contributed by atoms with Gasteiger partial charge in [0.1, 0.15) is 4.88 Å². The Hall–Kier alpha value is -0.920. The van der Waals surface area contributed by atoms with E-state index in [-0.39, 0.29) is 0 Å². The van der Waals surface area contributed by atoms with E-state index < -0.39 is 5.97 Å². The fraction of sp³-hybridized carbons (Fsp3) is 0.273. The molecule has 0 unspecified atom stereocenters. The highest BCUT2D eigenvalue weighted by Crippen LogP contribution is 2.28. The lowest BCUT2D eigenvalue weighted by Gasteiger charge is -2.14. The maximum atomic E-state index is 11.0. The number of hydrogen-bond acceptors (Lipinski definition) is 5. The number of hydrogen-bond donors (Lipinski definition) is 1. The highest BCUT2D eigenvalue weighted by molar-refractivity contribution is 9.11. The predicted octanol–water partition coefficient (Wildman–Crippen LogP) is 3.61.